The molecule has 0 aromatic carbocycles. The molecule has 0 fully saturated rings. The second kappa shape index (κ2) is 8.85. The van der Waals surface area contributed by atoms with E-state index in [2.05, 4.69) is 23.9 Å². The second-order valence-corrected chi connectivity index (χ2v) is 6.46. The lowest BCUT2D eigenvalue weighted by molar-refractivity contribution is 0.122. The summed E-state index contributed by atoms with van der Waals surface area (Å²) >= 11 is 0. The van der Waals surface area contributed by atoms with E-state index < -0.39 is 10.0 Å². The molecule has 5 nitrogen and oxygen atoms in total. The van der Waals surface area contributed by atoms with Crippen molar-refractivity contribution < 1.29 is 13.2 Å². The Morgan fingerprint density at radius 3 is 2.35 bits per heavy atom. The van der Waals surface area contributed by atoms with Gasteiger partial charge >= 0.3 is 0 Å². The second-order valence-electron chi connectivity index (χ2n) is 4.53. The molecule has 0 spiro atoms. The van der Waals surface area contributed by atoms with E-state index in [1.807, 2.05) is 6.92 Å². The molecule has 0 aliphatic carbocycles. The van der Waals surface area contributed by atoms with Crippen LogP contribution >= 0.6 is 0 Å². The van der Waals surface area contributed by atoms with Gasteiger partial charge in [0.15, 0.2) is 0 Å². The summed E-state index contributed by atoms with van der Waals surface area (Å²) in [5.41, 5.74) is 0. The maximum Gasteiger partial charge on any atom is 0.211 e. The zero-order chi connectivity index (χ0) is 13.3. The lowest BCUT2D eigenvalue weighted by Crippen LogP contribution is -2.33. The van der Waals surface area contributed by atoms with Crippen LogP contribution in [0.25, 0.3) is 0 Å². The molecule has 0 saturated carbocycles. The minimum absolute atomic E-state index is 0.0904. The fourth-order valence-corrected chi connectivity index (χ4v) is 2.42. The van der Waals surface area contributed by atoms with Gasteiger partial charge in [-0.3, -0.25) is 0 Å². The highest BCUT2D eigenvalue weighted by molar-refractivity contribution is 7.89. The molecule has 0 aromatic rings. The first-order valence-corrected chi connectivity index (χ1v) is 7.76. The van der Waals surface area contributed by atoms with Gasteiger partial charge in [-0.1, -0.05) is 13.8 Å². The average molecular weight is 266 g/mol. The molecule has 104 valence electrons. The van der Waals surface area contributed by atoms with Gasteiger partial charge in [0, 0.05) is 19.7 Å². The Balaban J connectivity index is 3.64. The maximum atomic E-state index is 11.6. The predicted octanol–water partition coefficient (Wildman–Crippen LogP) is 0.719. The van der Waals surface area contributed by atoms with Crippen LogP contribution in [-0.2, 0) is 14.8 Å². The third-order valence-corrected chi connectivity index (χ3v) is 3.82. The molecule has 6 heteroatoms. The van der Waals surface area contributed by atoms with Crippen LogP contribution in [0.1, 0.15) is 33.6 Å². The summed E-state index contributed by atoms with van der Waals surface area (Å²) in [6.07, 6.45) is 1.46. The van der Waals surface area contributed by atoms with Gasteiger partial charge in [0.25, 0.3) is 0 Å². The molecule has 1 atom stereocenters. The van der Waals surface area contributed by atoms with Crippen molar-refractivity contribution in [2.75, 3.05) is 26.0 Å². The Kier molecular flexibility index (Phi) is 8.77. The third kappa shape index (κ3) is 10.7. The lowest BCUT2D eigenvalue weighted by atomic mass is 10.3. The maximum absolute atomic E-state index is 11.6. The SMILES string of the molecule is COC(C)CNS(=O)(=O)CCCCNC(C)C. The fraction of sp³-hybridized carbons (Fsp3) is 1.00. The Bertz CT molecular complexity index is 278. The normalized spacial score (nSPS) is 14.2. The molecule has 0 aromatic heterocycles. The minimum atomic E-state index is -3.15. The molecule has 2 N–H and O–H groups in total. The smallest absolute Gasteiger partial charge is 0.211 e. The molecular formula is C11H26N2O3S. The van der Waals surface area contributed by atoms with E-state index in [-0.39, 0.29) is 11.9 Å². The van der Waals surface area contributed by atoms with Crippen molar-refractivity contribution in [1.29, 1.82) is 0 Å². The van der Waals surface area contributed by atoms with Gasteiger partial charge < -0.3 is 10.1 Å². The number of hydrogen-bond donors (Lipinski definition) is 2. The largest absolute Gasteiger partial charge is 0.380 e. The summed E-state index contributed by atoms with van der Waals surface area (Å²) in [5.74, 6) is 0.184. The molecule has 0 bridgehead atoms. The van der Waals surface area contributed by atoms with Crippen molar-refractivity contribution in [1.82, 2.24) is 10.0 Å². The summed E-state index contributed by atoms with van der Waals surface area (Å²) in [6.45, 7) is 7.18. The highest BCUT2D eigenvalue weighted by Gasteiger charge is 2.11. The number of rotatable bonds is 10. The van der Waals surface area contributed by atoms with Crippen molar-refractivity contribution in [2.45, 2.75) is 45.8 Å². The van der Waals surface area contributed by atoms with Crippen molar-refractivity contribution in [3.05, 3.63) is 0 Å². The Morgan fingerprint density at radius 2 is 1.82 bits per heavy atom. The van der Waals surface area contributed by atoms with Crippen LogP contribution in [0.2, 0.25) is 0 Å². The standard InChI is InChI=1S/C11H26N2O3S/c1-10(2)12-7-5-6-8-17(14,15)13-9-11(3)16-4/h10-13H,5-9H2,1-4H3. The number of ether oxygens (including phenoxy) is 1. The van der Waals surface area contributed by atoms with Crippen molar-refractivity contribution in [2.24, 2.45) is 0 Å². The first-order chi connectivity index (χ1) is 7.87. The summed E-state index contributed by atoms with van der Waals surface area (Å²) in [7, 11) is -1.58. The topological polar surface area (TPSA) is 67.4 Å². The number of nitrogens with one attached hydrogen (secondary N) is 2. The molecule has 0 aliphatic rings. The summed E-state index contributed by atoms with van der Waals surface area (Å²) in [4.78, 5) is 0. The molecule has 17 heavy (non-hydrogen) atoms. The van der Waals surface area contributed by atoms with E-state index in [0.29, 0.717) is 19.0 Å². The third-order valence-electron chi connectivity index (χ3n) is 2.39. The Hall–Kier alpha value is -0.170. The monoisotopic (exact) mass is 266 g/mol. The summed E-state index contributed by atoms with van der Waals surface area (Å²) in [5, 5.41) is 3.26. The summed E-state index contributed by atoms with van der Waals surface area (Å²) < 4.78 is 30.6. The van der Waals surface area contributed by atoms with Crippen molar-refractivity contribution >= 4 is 10.0 Å². The molecule has 0 saturated heterocycles. The number of hydrogen-bond acceptors (Lipinski definition) is 4. The zero-order valence-electron chi connectivity index (χ0n) is 11.3. The summed E-state index contributed by atoms with van der Waals surface area (Å²) in [6, 6.07) is 0.451. The van der Waals surface area contributed by atoms with Crippen LogP contribution < -0.4 is 10.0 Å². The van der Waals surface area contributed by atoms with Crippen LogP contribution in [0.15, 0.2) is 0 Å². The fourth-order valence-electron chi connectivity index (χ4n) is 1.21. The number of sulfonamides is 1. The van der Waals surface area contributed by atoms with E-state index in [1.165, 1.54) is 0 Å². The van der Waals surface area contributed by atoms with Gasteiger partial charge in [0.05, 0.1) is 11.9 Å². The molecule has 0 amide bonds. The van der Waals surface area contributed by atoms with Crippen LogP contribution in [-0.4, -0.2) is 46.5 Å². The minimum Gasteiger partial charge on any atom is -0.380 e. The molecule has 0 heterocycles. The number of methoxy groups -OCH3 is 1. The van der Waals surface area contributed by atoms with Gasteiger partial charge in [-0.2, -0.15) is 0 Å². The van der Waals surface area contributed by atoms with Crippen molar-refractivity contribution in [3.8, 4) is 0 Å². The first kappa shape index (κ1) is 16.8. The molecule has 0 rings (SSSR count). The zero-order valence-corrected chi connectivity index (χ0v) is 12.1. The van der Waals surface area contributed by atoms with Gasteiger partial charge in [-0.25, -0.2) is 13.1 Å². The van der Waals surface area contributed by atoms with Gasteiger partial charge in [0.1, 0.15) is 0 Å². The average Bonchev–Trinajstić information content (AvgIpc) is 2.25. The van der Waals surface area contributed by atoms with E-state index in [1.54, 1.807) is 7.11 Å². The van der Waals surface area contributed by atoms with Crippen LogP contribution in [0.3, 0.4) is 0 Å². The van der Waals surface area contributed by atoms with Gasteiger partial charge in [-0.05, 0) is 26.3 Å². The number of unbranched alkanes of at least 4 members (excludes halogenated alkanes) is 1. The molecular weight excluding hydrogens is 240 g/mol. The van der Waals surface area contributed by atoms with E-state index in [9.17, 15) is 8.42 Å². The van der Waals surface area contributed by atoms with Gasteiger partial charge in [0.2, 0.25) is 10.0 Å². The van der Waals surface area contributed by atoms with E-state index in [4.69, 9.17) is 4.74 Å². The highest BCUT2D eigenvalue weighted by Crippen LogP contribution is 1.95. The van der Waals surface area contributed by atoms with Crippen LogP contribution in [0.4, 0.5) is 0 Å². The Morgan fingerprint density at radius 1 is 1.18 bits per heavy atom. The van der Waals surface area contributed by atoms with E-state index in [0.717, 1.165) is 13.0 Å². The first-order valence-electron chi connectivity index (χ1n) is 6.11. The highest BCUT2D eigenvalue weighted by atomic mass is 32.2. The van der Waals surface area contributed by atoms with Crippen LogP contribution in [0, 0.1) is 0 Å². The molecule has 1 unspecified atom stereocenters. The predicted molar refractivity (Wildman–Crippen MR) is 70.6 cm³/mol. The van der Waals surface area contributed by atoms with Crippen molar-refractivity contribution in [3.63, 3.8) is 0 Å². The van der Waals surface area contributed by atoms with Crippen LogP contribution in [0.5, 0.6) is 0 Å². The molecule has 0 radical (unpaired) electrons. The van der Waals surface area contributed by atoms with E-state index >= 15 is 0 Å². The lowest BCUT2D eigenvalue weighted by Gasteiger charge is -2.11. The Labute approximate surface area is 105 Å². The quantitative estimate of drug-likeness (QED) is 0.572. The van der Waals surface area contributed by atoms with Gasteiger partial charge in [-0.15, -0.1) is 0 Å². The molecule has 0 aliphatic heterocycles.